The van der Waals surface area contributed by atoms with Crippen LogP contribution in [0.15, 0.2) is 42.5 Å². The van der Waals surface area contributed by atoms with E-state index in [-0.39, 0.29) is 5.78 Å². The second-order valence-corrected chi connectivity index (χ2v) is 6.59. The quantitative estimate of drug-likeness (QED) is 0.685. The third kappa shape index (κ3) is 4.63. The summed E-state index contributed by atoms with van der Waals surface area (Å²) in [6, 6.07) is 14.0. The van der Waals surface area contributed by atoms with Gasteiger partial charge in [-0.1, -0.05) is 36.8 Å². The first-order chi connectivity index (χ1) is 10.6. The second kappa shape index (κ2) is 8.04. The van der Waals surface area contributed by atoms with Crippen LogP contribution in [0, 0.1) is 13.8 Å². The molecule has 0 aliphatic rings. The third-order valence-electron chi connectivity index (χ3n) is 3.41. The van der Waals surface area contributed by atoms with Crippen LogP contribution in [0.25, 0.3) is 0 Å². The number of Topliss-reactive ketones (excluding diaryl/α,β-unsaturated/α-hetero) is 1. The van der Waals surface area contributed by atoms with Crippen LogP contribution in [0.4, 0.5) is 0 Å². The number of ketones is 1. The maximum Gasteiger partial charge on any atom is 0.172 e. The van der Waals surface area contributed by atoms with Gasteiger partial charge in [-0.3, -0.25) is 4.79 Å². The predicted octanol–water partition coefficient (Wildman–Crippen LogP) is 4.82. The molecule has 22 heavy (non-hydrogen) atoms. The smallest absolute Gasteiger partial charge is 0.172 e. The van der Waals surface area contributed by atoms with E-state index in [1.54, 1.807) is 11.8 Å². The molecule has 0 radical (unpaired) electrons. The Morgan fingerprint density at radius 2 is 1.95 bits per heavy atom. The topological polar surface area (TPSA) is 26.3 Å². The van der Waals surface area contributed by atoms with E-state index in [2.05, 4.69) is 32.0 Å². The molecule has 116 valence electrons. The molecule has 2 aromatic carbocycles. The molecule has 0 atom stereocenters. The van der Waals surface area contributed by atoms with Crippen LogP contribution in [0.1, 0.15) is 34.0 Å². The van der Waals surface area contributed by atoms with Crippen LogP contribution in [0.5, 0.6) is 5.75 Å². The molecular formula is C19H22O2S. The van der Waals surface area contributed by atoms with Gasteiger partial charge in [0.05, 0.1) is 5.75 Å². The maximum atomic E-state index is 12.0. The van der Waals surface area contributed by atoms with E-state index in [0.717, 1.165) is 28.2 Å². The van der Waals surface area contributed by atoms with E-state index < -0.39 is 0 Å². The molecule has 0 N–H and O–H groups in total. The zero-order valence-corrected chi connectivity index (χ0v) is 14.2. The molecule has 2 rings (SSSR count). The summed E-state index contributed by atoms with van der Waals surface area (Å²) >= 11 is 1.65. The first kappa shape index (κ1) is 16.6. The van der Waals surface area contributed by atoms with E-state index in [9.17, 15) is 4.79 Å². The summed E-state index contributed by atoms with van der Waals surface area (Å²) in [5.41, 5.74) is 4.15. The van der Waals surface area contributed by atoms with Gasteiger partial charge in [0.25, 0.3) is 0 Å². The predicted molar refractivity (Wildman–Crippen MR) is 94.0 cm³/mol. The van der Waals surface area contributed by atoms with Gasteiger partial charge >= 0.3 is 0 Å². The van der Waals surface area contributed by atoms with Crippen molar-refractivity contribution in [3.05, 3.63) is 64.7 Å². The molecule has 3 heteroatoms. The molecule has 2 aromatic rings. The lowest BCUT2D eigenvalue weighted by Gasteiger charge is -2.11. The number of thioether (sulfide) groups is 1. The molecule has 0 heterocycles. The molecule has 0 saturated carbocycles. The minimum absolute atomic E-state index is 0.181. The largest absolute Gasteiger partial charge is 0.489 e. The average molecular weight is 314 g/mol. The van der Waals surface area contributed by atoms with Gasteiger partial charge in [-0.05, 0) is 48.9 Å². The average Bonchev–Trinajstić information content (AvgIpc) is 2.51. The highest BCUT2D eigenvalue weighted by Crippen LogP contribution is 2.21. The highest BCUT2D eigenvalue weighted by atomic mass is 32.2. The Labute approximate surface area is 136 Å². The standard InChI is InChI=1S/C19H22O2S/c1-4-22-13-18(20)17-8-9-19(15(3)11-17)21-12-16-7-5-6-14(2)10-16/h5-11H,4,12-13H2,1-3H3. The Kier molecular flexibility index (Phi) is 6.08. The Balaban J connectivity index is 2.02. The Hall–Kier alpha value is -1.74. The number of ether oxygens (including phenoxy) is 1. The fraction of sp³-hybridized carbons (Fsp3) is 0.316. The van der Waals surface area contributed by atoms with E-state index in [0.29, 0.717) is 12.4 Å². The molecule has 0 unspecified atom stereocenters. The van der Waals surface area contributed by atoms with Gasteiger partial charge < -0.3 is 4.74 Å². The Morgan fingerprint density at radius 1 is 1.14 bits per heavy atom. The fourth-order valence-corrected chi connectivity index (χ4v) is 2.78. The van der Waals surface area contributed by atoms with Crippen molar-refractivity contribution in [2.24, 2.45) is 0 Å². The third-order valence-corrected chi connectivity index (χ3v) is 4.29. The zero-order chi connectivity index (χ0) is 15.9. The van der Waals surface area contributed by atoms with Crippen LogP contribution >= 0.6 is 11.8 Å². The lowest BCUT2D eigenvalue weighted by Crippen LogP contribution is -2.04. The number of benzene rings is 2. The minimum Gasteiger partial charge on any atom is -0.489 e. The molecule has 2 nitrogen and oxygen atoms in total. The Morgan fingerprint density at radius 3 is 2.64 bits per heavy atom. The summed E-state index contributed by atoms with van der Waals surface area (Å²) in [5, 5.41) is 0. The lowest BCUT2D eigenvalue weighted by molar-refractivity contribution is 0.102. The highest BCUT2D eigenvalue weighted by Gasteiger charge is 2.08. The van der Waals surface area contributed by atoms with Gasteiger partial charge in [0, 0.05) is 5.56 Å². The fourth-order valence-electron chi connectivity index (χ4n) is 2.23. The first-order valence-corrected chi connectivity index (χ1v) is 8.65. The molecule has 0 fully saturated rings. The molecule has 0 bridgehead atoms. The van der Waals surface area contributed by atoms with Crippen LogP contribution in [0.2, 0.25) is 0 Å². The van der Waals surface area contributed by atoms with Crippen LogP contribution in [-0.2, 0) is 6.61 Å². The Bertz CT molecular complexity index is 650. The van der Waals surface area contributed by atoms with E-state index in [1.165, 1.54) is 5.56 Å². The summed E-state index contributed by atoms with van der Waals surface area (Å²) in [6.07, 6.45) is 0. The summed E-state index contributed by atoms with van der Waals surface area (Å²) in [4.78, 5) is 12.0. The highest BCUT2D eigenvalue weighted by molar-refractivity contribution is 7.99. The monoisotopic (exact) mass is 314 g/mol. The van der Waals surface area contributed by atoms with Crippen molar-refractivity contribution in [3.63, 3.8) is 0 Å². The molecule has 0 spiro atoms. The van der Waals surface area contributed by atoms with Crippen molar-refractivity contribution in [2.75, 3.05) is 11.5 Å². The number of carbonyl (C=O) groups excluding carboxylic acids is 1. The lowest BCUT2D eigenvalue weighted by atomic mass is 10.1. The summed E-state index contributed by atoms with van der Waals surface area (Å²) in [6.45, 7) is 6.66. The summed E-state index contributed by atoms with van der Waals surface area (Å²) in [5.74, 6) is 2.52. The van der Waals surface area contributed by atoms with Crippen molar-refractivity contribution >= 4 is 17.5 Å². The molecule has 0 aromatic heterocycles. The van der Waals surface area contributed by atoms with Crippen LogP contribution in [-0.4, -0.2) is 17.3 Å². The minimum atomic E-state index is 0.181. The summed E-state index contributed by atoms with van der Waals surface area (Å²) < 4.78 is 5.88. The van der Waals surface area contributed by atoms with Crippen molar-refractivity contribution in [1.29, 1.82) is 0 Å². The number of aryl methyl sites for hydroxylation is 2. The van der Waals surface area contributed by atoms with Gasteiger partial charge in [-0.25, -0.2) is 0 Å². The second-order valence-electron chi connectivity index (χ2n) is 5.32. The normalized spacial score (nSPS) is 10.5. The van der Waals surface area contributed by atoms with Gasteiger partial charge in [0.1, 0.15) is 12.4 Å². The van der Waals surface area contributed by atoms with Crippen LogP contribution in [0.3, 0.4) is 0 Å². The van der Waals surface area contributed by atoms with Gasteiger partial charge in [0.2, 0.25) is 0 Å². The molecule has 0 aliphatic heterocycles. The van der Waals surface area contributed by atoms with Crippen molar-refractivity contribution in [2.45, 2.75) is 27.4 Å². The van der Waals surface area contributed by atoms with Crippen molar-refractivity contribution in [3.8, 4) is 5.75 Å². The van der Waals surface area contributed by atoms with E-state index >= 15 is 0 Å². The maximum absolute atomic E-state index is 12.0. The molecule has 0 aliphatic carbocycles. The van der Waals surface area contributed by atoms with Gasteiger partial charge in [-0.15, -0.1) is 0 Å². The SMILES string of the molecule is CCSCC(=O)c1ccc(OCc2cccc(C)c2)c(C)c1. The molecular weight excluding hydrogens is 292 g/mol. The number of hydrogen-bond donors (Lipinski definition) is 0. The number of carbonyl (C=O) groups is 1. The zero-order valence-electron chi connectivity index (χ0n) is 13.4. The number of hydrogen-bond acceptors (Lipinski definition) is 3. The van der Waals surface area contributed by atoms with E-state index in [1.807, 2.05) is 31.2 Å². The summed E-state index contributed by atoms with van der Waals surface area (Å²) in [7, 11) is 0. The van der Waals surface area contributed by atoms with Crippen LogP contribution < -0.4 is 4.74 Å². The molecule has 0 amide bonds. The van der Waals surface area contributed by atoms with E-state index in [4.69, 9.17) is 4.74 Å². The van der Waals surface area contributed by atoms with Crippen molar-refractivity contribution in [1.82, 2.24) is 0 Å². The van der Waals surface area contributed by atoms with Crippen molar-refractivity contribution < 1.29 is 9.53 Å². The molecule has 0 saturated heterocycles. The first-order valence-electron chi connectivity index (χ1n) is 7.50. The van der Waals surface area contributed by atoms with Gasteiger partial charge in [-0.2, -0.15) is 11.8 Å². The van der Waals surface area contributed by atoms with Gasteiger partial charge in [0.15, 0.2) is 5.78 Å². The number of rotatable bonds is 7.